The van der Waals surface area contributed by atoms with Crippen LogP contribution in [0.15, 0.2) is 24.3 Å². The van der Waals surface area contributed by atoms with Crippen molar-refractivity contribution in [2.75, 3.05) is 0 Å². The Labute approximate surface area is 91.3 Å². The summed E-state index contributed by atoms with van der Waals surface area (Å²) in [6.07, 6.45) is 1.25. The van der Waals surface area contributed by atoms with Gasteiger partial charge in [0.05, 0.1) is 0 Å². The van der Waals surface area contributed by atoms with E-state index in [0.29, 0.717) is 11.1 Å². The largest absolute Gasteiger partial charge is 0.294 e. The van der Waals surface area contributed by atoms with Gasteiger partial charge in [-0.15, -0.1) is 0 Å². The molecule has 0 aromatic heterocycles. The number of rotatable bonds is 2. The van der Waals surface area contributed by atoms with Crippen molar-refractivity contribution in [3.63, 3.8) is 0 Å². The zero-order valence-corrected chi connectivity index (χ0v) is 9.83. The monoisotopic (exact) mass is 206 g/mol. The Bertz CT molecular complexity index is 307. The van der Waals surface area contributed by atoms with Gasteiger partial charge in [-0.2, -0.15) is 0 Å². The summed E-state index contributed by atoms with van der Waals surface area (Å²) >= 11 is 0. The maximum atomic E-state index is 11.0. The molecule has 0 amide bonds. The van der Waals surface area contributed by atoms with Crippen LogP contribution in [0.3, 0.4) is 0 Å². The van der Waals surface area contributed by atoms with Crippen LogP contribution in [-0.2, 0) is 0 Å². The van der Waals surface area contributed by atoms with E-state index < -0.39 is 0 Å². The molecule has 2 nitrogen and oxygen atoms in total. The Morgan fingerprint density at radius 2 is 1.20 bits per heavy atom. The highest BCUT2D eigenvalue weighted by Gasteiger charge is 2.08. The van der Waals surface area contributed by atoms with Crippen molar-refractivity contribution < 1.29 is 9.59 Å². The van der Waals surface area contributed by atoms with Crippen molar-refractivity contribution in [1.29, 1.82) is 0 Å². The quantitative estimate of drug-likeness (QED) is 0.694. The Hall–Kier alpha value is -1.44. The van der Waals surface area contributed by atoms with Crippen molar-refractivity contribution in [3.8, 4) is 0 Å². The number of Topliss-reactive ketones (excluding diaryl/α,β-unsaturated/α-hetero) is 2. The summed E-state index contributed by atoms with van der Waals surface area (Å²) in [5.41, 5.74) is 1.01. The van der Waals surface area contributed by atoms with Gasteiger partial charge in [0, 0.05) is 11.1 Å². The van der Waals surface area contributed by atoms with Gasteiger partial charge in [0.2, 0.25) is 0 Å². The normalized spacial score (nSPS) is 8.80. The van der Waals surface area contributed by atoms with Crippen LogP contribution in [-0.4, -0.2) is 11.6 Å². The molecule has 1 aromatic rings. The molecule has 82 valence electrons. The van der Waals surface area contributed by atoms with Gasteiger partial charge in [0.1, 0.15) is 0 Å². The zero-order chi connectivity index (χ0) is 11.8. The first kappa shape index (κ1) is 13.6. The van der Waals surface area contributed by atoms with Gasteiger partial charge in [-0.3, -0.25) is 9.59 Å². The lowest BCUT2D eigenvalue weighted by atomic mass is 10.0. The number of hydrogen-bond acceptors (Lipinski definition) is 2. The molecule has 0 fully saturated rings. The average Bonchev–Trinajstić information content (AvgIpc) is 2.19. The molecule has 0 spiro atoms. The van der Waals surface area contributed by atoms with Gasteiger partial charge in [-0.05, 0) is 13.8 Å². The van der Waals surface area contributed by atoms with Crippen LogP contribution in [0.4, 0.5) is 0 Å². The Balaban J connectivity index is 0.000000583. The molecule has 0 bridgehead atoms. The SMILES string of the molecule is CC(=O)c1ccccc1C(C)=O.CCC. The number of hydrogen-bond donors (Lipinski definition) is 0. The molecule has 0 N–H and O–H groups in total. The Morgan fingerprint density at radius 1 is 0.933 bits per heavy atom. The van der Waals surface area contributed by atoms with Gasteiger partial charge in [0.25, 0.3) is 0 Å². The first-order chi connectivity index (χ1) is 7.04. The second-order valence-electron chi connectivity index (χ2n) is 3.37. The van der Waals surface area contributed by atoms with Crippen LogP contribution >= 0.6 is 0 Å². The van der Waals surface area contributed by atoms with Crippen LogP contribution in [0.2, 0.25) is 0 Å². The molecule has 0 saturated heterocycles. The maximum absolute atomic E-state index is 11.0. The van der Waals surface area contributed by atoms with Gasteiger partial charge >= 0.3 is 0 Å². The minimum Gasteiger partial charge on any atom is -0.294 e. The van der Waals surface area contributed by atoms with Crippen LogP contribution < -0.4 is 0 Å². The summed E-state index contributed by atoms with van der Waals surface area (Å²) in [5.74, 6) is -0.137. The minimum absolute atomic E-state index is 0.0687. The summed E-state index contributed by atoms with van der Waals surface area (Å²) in [6.45, 7) is 7.17. The second kappa shape index (κ2) is 6.93. The highest BCUT2D eigenvalue weighted by molar-refractivity contribution is 6.07. The van der Waals surface area contributed by atoms with E-state index in [2.05, 4.69) is 13.8 Å². The fraction of sp³-hybridized carbons (Fsp3) is 0.385. The molecule has 0 atom stereocenters. The van der Waals surface area contributed by atoms with Crippen LogP contribution in [0.25, 0.3) is 0 Å². The molecule has 0 aliphatic rings. The van der Waals surface area contributed by atoms with Crippen LogP contribution in [0, 0.1) is 0 Å². The molecule has 0 heterocycles. The molecule has 1 rings (SSSR count). The highest BCUT2D eigenvalue weighted by atomic mass is 16.1. The molecule has 15 heavy (non-hydrogen) atoms. The molecule has 0 aliphatic heterocycles. The first-order valence-corrected chi connectivity index (χ1v) is 5.15. The van der Waals surface area contributed by atoms with E-state index in [1.807, 2.05) is 0 Å². The smallest absolute Gasteiger partial charge is 0.160 e. The van der Waals surface area contributed by atoms with E-state index in [4.69, 9.17) is 0 Å². The third kappa shape index (κ3) is 4.54. The van der Waals surface area contributed by atoms with Crippen molar-refractivity contribution in [1.82, 2.24) is 0 Å². The Kier molecular flexibility index (Phi) is 6.27. The lowest BCUT2D eigenvalue weighted by Gasteiger charge is -2.00. The summed E-state index contributed by atoms with van der Waals surface area (Å²) in [4.78, 5) is 22.0. The maximum Gasteiger partial charge on any atom is 0.160 e. The predicted octanol–water partition coefficient (Wildman–Crippen LogP) is 3.51. The second-order valence-corrected chi connectivity index (χ2v) is 3.37. The average molecular weight is 206 g/mol. The third-order valence-corrected chi connectivity index (χ3v) is 1.69. The summed E-state index contributed by atoms with van der Waals surface area (Å²) < 4.78 is 0. The van der Waals surface area contributed by atoms with Crippen molar-refractivity contribution in [2.45, 2.75) is 34.1 Å². The predicted molar refractivity (Wildman–Crippen MR) is 62.4 cm³/mol. The van der Waals surface area contributed by atoms with Gasteiger partial charge in [-0.25, -0.2) is 0 Å². The first-order valence-electron chi connectivity index (χ1n) is 5.15. The molecule has 0 saturated carbocycles. The molecule has 0 aliphatic carbocycles. The standard InChI is InChI=1S/C10H10O2.C3H8/c1-7(11)9-5-3-4-6-10(9)8(2)12;1-3-2/h3-6H,1-2H3;3H2,1-2H3. The van der Waals surface area contributed by atoms with E-state index in [1.54, 1.807) is 24.3 Å². The van der Waals surface area contributed by atoms with Crippen molar-refractivity contribution in [3.05, 3.63) is 35.4 Å². The molecule has 0 unspecified atom stereocenters. The summed E-state index contributed by atoms with van der Waals surface area (Å²) in [5, 5.41) is 0. The van der Waals surface area contributed by atoms with Gasteiger partial charge in [0.15, 0.2) is 11.6 Å². The van der Waals surface area contributed by atoms with Crippen molar-refractivity contribution >= 4 is 11.6 Å². The van der Waals surface area contributed by atoms with E-state index in [-0.39, 0.29) is 11.6 Å². The molecular weight excluding hydrogens is 188 g/mol. The van der Waals surface area contributed by atoms with Gasteiger partial charge < -0.3 is 0 Å². The van der Waals surface area contributed by atoms with Crippen LogP contribution in [0.5, 0.6) is 0 Å². The topological polar surface area (TPSA) is 34.1 Å². The fourth-order valence-electron chi connectivity index (χ4n) is 1.10. The Morgan fingerprint density at radius 3 is 1.40 bits per heavy atom. The number of carbonyl (C=O) groups is 2. The number of benzene rings is 1. The van der Waals surface area contributed by atoms with E-state index in [9.17, 15) is 9.59 Å². The molecule has 0 radical (unpaired) electrons. The van der Waals surface area contributed by atoms with E-state index in [1.165, 1.54) is 20.3 Å². The fourth-order valence-corrected chi connectivity index (χ4v) is 1.10. The number of ketones is 2. The van der Waals surface area contributed by atoms with Crippen molar-refractivity contribution in [2.24, 2.45) is 0 Å². The third-order valence-electron chi connectivity index (χ3n) is 1.69. The number of carbonyl (C=O) groups excluding carboxylic acids is 2. The summed E-state index contributed by atoms with van der Waals surface area (Å²) in [7, 11) is 0. The molecule has 1 aromatic carbocycles. The van der Waals surface area contributed by atoms with Crippen LogP contribution in [0.1, 0.15) is 54.8 Å². The molecular formula is C13H18O2. The van der Waals surface area contributed by atoms with Gasteiger partial charge in [-0.1, -0.05) is 44.5 Å². The highest BCUT2D eigenvalue weighted by Crippen LogP contribution is 2.09. The minimum atomic E-state index is -0.0687. The summed E-state index contributed by atoms with van der Waals surface area (Å²) in [6, 6.07) is 6.84. The van der Waals surface area contributed by atoms with E-state index >= 15 is 0 Å². The lowest BCUT2D eigenvalue weighted by molar-refractivity contribution is 0.0981. The lowest BCUT2D eigenvalue weighted by Crippen LogP contribution is -2.02. The molecule has 2 heteroatoms. The van der Waals surface area contributed by atoms with E-state index in [0.717, 1.165) is 0 Å². The zero-order valence-electron chi connectivity index (χ0n) is 9.83.